The zero-order valence-electron chi connectivity index (χ0n) is 11.3. The van der Waals surface area contributed by atoms with Crippen LogP contribution >= 0.6 is 0 Å². The number of hydrogen-bond acceptors (Lipinski definition) is 4. The normalized spacial score (nSPS) is 20.5. The van der Waals surface area contributed by atoms with Crippen LogP contribution in [0.15, 0.2) is 24.3 Å². The van der Waals surface area contributed by atoms with Crippen LogP contribution in [-0.2, 0) is 9.59 Å². The molecule has 2 aliphatic rings. The Morgan fingerprint density at radius 3 is 2.57 bits per heavy atom. The minimum absolute atomic E-state index is 0.315. The quantitative estimate of drug-likeness (QED) is 0.794. The summed E-state index contributed by atoms with van der Waals surface area (Å²) < 4.78 is 0. The molecular formula is C15H13N3O3. The van der Waals surface area contributed by atoms with E-state index in [2.05, 4.69) is 5.32 Å². The van der Waals surface area contributed by atoms with Gasteiger partial charge in [0, 0.05) is 0 Å². The number of benzene rings is 1. The fourth-order valence-corrected chi connectivity index (χ4v) is 3.04. The van der Waals surface area contributed by atoms with E-state index in [1.165, 1.54) is 6.07 Å². The van der Waals surface area contributed by atoms with Crippen molar-refractivity contribution in [3.05, 3.63) is 29.8 Å². The average molecular weight is 283 g/mol. The Kier molecular flexibility index (Phi) is 2.98. The largest absolute Gasteiger partial charge is 0.335 e. The molecule has 1 saturated heterocycles. The van der Waals surface area contributed by atoms with E-state index < -0.39 is 23.3 Å². The monoisotopic (exact) mass is 283 g/mol. The van der Waals surface area contributed by atoms with Crippen LogP contribution < -0.4 is 10.2 Å². The minimum Gasteiger partial charge on any atom is -0.276 e. The van der Waals surface area contributed by atoms with E-state index in [0.717, 1.165) is 17.7 Å². The highest BCUT2D eigenvalue weighted by Crippen LogP contribution is 2.42. The predicted molar refractivity (Wildman–Crippen MR) is 73.1 cm³/mol. The van der Waals surface area contributed by atoms with Crippen molar-refractivity contribution in [2.24, 2.45) is 5.41 Å². The lowest BCUT2D eigenvalue weighted by Gasteiger charge is -2.36. The van der Waals surface area contributed by atoms with E-state index in [1.807, 2.05) is 6.07 Å². The van der Waals surface area contributed by atoms with Crippen LogP contribution in [0.3, 0.4) is 0 Å². The molecule has 0 radical (unpaired) electrons. The molecule has 4 amide bonds. The topological polar surface area (TPSA) is 90.3 Å². The fourth-order valence-electron chi connectivity index (χ4n) is 3.04. The molecule has 0 bridgehead atoms. The Hall–Kier alpha value is -2.68. The second-order valence-electron chi connectivity index (χ2n) is 5.35. The van der Waals surface area contributed by atoms with E-state index in [0.29, 0.717) is 24.1 Å². The number of anilines is 1. The van der Waals surface area contributed by atoms with Gasteiger partial charge in [-0.3, -0.25) is 14.9 Å². The summed E-state index contributed by atoms with van der Waals surface area (Å²) in [5.74, 6) is -0.980. The number of barbiturate groups is 1. The number of carbonyl (C=O) groups is 3. The molecule has 21 heavy (non-hydrogen) atoms. The highest BCUT2D eigenvalue weighted by Gasteiger charge is 2.55. The van der Waals surface area contributed by atoms with Gasteiger partial charge in [-0.05, 0) is 31.0 Å². The molecule has 1 aromatic carbocycles. The lowest BCUT2D eigenvalue weighted by Crippen LogP contribution is -2.63. The van der Waals surface area contributed by atoms with Gasteiger partial charge in [0.15, 0.2) is 0 Å². The van der Waals surface area contributed by atoms with Crippen molar-refractivity contribution in [3.63, 3.8) is 0 Å². The van der Waals surface area contributed by atoms with Crippen molar-refractivity contribution < 1.29 is 14.4 Å². The van der Waals surface area contributed by atoms with Crippen molar-refractivity contribution in [1.29, 1.82) is 5.26 Å². The molecule has 3 rings (SSSR count). The molecule has 106 valence electrons. The van der Waals surface area contributed by atoms with Crippen LogP contribution in [0.2, 0.25) is 0 Å². The Morgan fingerprint density at radius 1 is 1.19 bits per heavy atom. The minimum atomic E-state index is -1.13. The third-order valence-electron chi connectivity index (χ3n) is 4.16. The summed E-state index contributed by atoms with van der Waals surface area (Å²) in [5, 5.41) is 11.2. The van der Waals surface area contributed by atoms with Gasteiger partial charge in [0.05, 0.1) is 17.3 Å². The number of nitrogens with one attached hydrogen (secondary N) is 1. The van der Waals surface area contributed by atoms with E-state index in [4.69, 9.17) is 5.26 Å². The fraction of sp³-hybridized carbons (Fsp3) is 0.333. The first-order valence-electron chi connectivity index (χ1n) is 6.79. The summed E-state index contributed by atoms with van der Waals surface area (Å²) in [6.45, 7) is 0. The molecule has 0 unspecified atom stereocenters. The molecule has 0 aromatic heterocycles. The van der Waals surface area contributed by atoms with Gasteiger partial charge < -0.3 is 0 Å². The van der Waals surface area contributed by atoms with E-state index >= 15 is 0 Å². The van der Waals surface area contributed by atoms with Gasteiger partial charge >= 0.3 is 6.03 Å². The smallest absolute Gasteiger partial charge is 0.276 e. The molecule has 1 aliphatic carbocycles. The van der Waals surface area contributed by atoms with Crippen LogP contribution in [0.25, 0.3) is 0 Å². The molecule has 2 fully saturated rings. The third kappa shape index (κ3) is 1.89. The SMILES string of the molecule is N#Cc1cccc(N2C(=O)NC(=O)C3(CCCC3)C2=O)c1. The Morgan fingerprint density at radius 2 is 1.90 bits per heavy atom. The molecule has 0 atom stereocenters. The molecule has 6 heteroatoms. The van der Waals surface area contributed by atoms with Gasteiger partial charge in [0.1, 0.15) is 5.41 Å². The van der Waals surface area contributed by atoms with Gasteiger partial charge in [-0.15, -0.1) is 0 Å². The highest BCUT2D eigenvalue weighted by molar-refractivity contribution is 6.30. The maximum atomic E-state index is 12.7. The number of nitriles is 1. The van der Waals surface area contributed by atoms with Gasteiger partial charge in [0.25, 0.3) is 5.91 Å². The number of hydrogen-bond donors (Lipinski definition) is 1. The number of urea groups is 1. The average Bonchev–Trinajstić information content (AvgIpc) is 2.97. The number of amides is 4. The zero-order chi connectivity index (χ0) is 15.0. The van der Waals surface area contributed by atoms with Crippen molar-refractivity contribution in [3.8, 4) is 6.07 Å². The molecule has 1 aromatic rings. The van der Waals surface area contributed by atoms with E-state index in [9.17, 15) is 14.4 Å². The maximum Gasteiger partial charge on any atom is 0.335 e. The molecule has 1 saturated carbocycles. The summed E-state index contributed by atoms with van der Waals surface area (Å²) in [6.07, 6.45) is 2.50. The lowest BCUT2D eigenvalue weighted by molar-refractivity contribution is -0.142. The maximum absolute atomic E-state index is 12.7. The summed E-state index contributed by atoms with van der Waals surface area (Å²) in [5.41, 5.74) is -0.461. The number of rotatable bonds is 1. The summed E-state index contributed by atoms with van der Waals surface area (Å²) in [4.78, 5) is 37.9. The molecule has 6 nitrogen and oxygen atoms in total. The third-order valence-corrected chi connectivity index (χ3v) is 4.16. The summed E-state index contributed by atoms with van der Waals surface area (Å²) in [7, 11) is 0. The molecule has 1 heterocycles. The number of nitrogens with zero attached hydrogens (tertiary/aromatic N) is 2. The van der Waals surface area contributed by atoms with Crippen LogP contribution in [0.1, 0.15) is 31.2 Å². The first-order valence-corrected chi connectivity index (χ1v) is 6.79. The van der Waals surface area contributed by atoms with Gasteiger partial charge in [-0.1, -0.05) is 18.9 Å². The second kappa shape index (κ2) is 4.70. The van der Waals surface area contributed by atoms with Crippen molar-refractivity contribution in [1.82, 2.24) is 5.32 Å². The Balaban J connectivity index is 2.05. The van der Waals surface area contributed by atoms with Crippen molar-refractivity contribution >= 4 is 23.5 Å². The van der Waals surface area contributed by atoms with Crippen molar-refractivity contribution in [2.75, 3.05) is 4.90 Å². The highest BCUT2D eigenvalue weighted by atomic mass is 16.2. The van der Waals surface area contributed by atoms with Crippen LogP contribution in [0, 0.1) is 16.7 Å². The predicted octanol–water partition coefficient (Wildman–Crippen LogP) is 1.70. The molecule has 1 spiro atoms. The zero-order valence-corrected chi connectivity index (χ0v) is 11.3. The van der Waals surface area contributed by atoms with Gasteiger partial charge in [0.2, 0.25) is 5.91 Å². The number of imide groups is 2. The summed E-state index contributed by atoms with van der Waals surface area (Å²) >= 11 is 0. The van der Waals surface area contributed by atoms with E-state index in [-0.39, 0.29) is 0 Å². The van der Waals surface area contributed by atoms with Crippen LogP contribution in [0.4, 0.5) is 10.5 Å². The lowest BCUT2D eigenvalue weighted by atomic mass is 9.82. The van der Waals surface area contributed by atoms with Crippen LogP contribution in [0.5, 0.6) is 0 Å². The Bertz CT molecular complexity index is 684. The first kappa shape index (κ1) is 13.3. The van der Waals surface area contributed by atoms with Gasteiger partial charge in [-0.2, -0.15) is 5.26 Å². The first-order chi connectivity index (χ1) is 10.1. The molecule has 1 aliphatic heterocycles. The van der Waals surface area contributed by atoms with Gasteiger partial charge in [-0.25, -0.2) is 9.69 Å². The molecular weight excluding hydrogens is 270 g/mol. The second-order valence-corrected chi connectivity index (χ2v) is 5.35. The van der Waals surface area contributed by atoms with Crippen LogP contribution in [-0.4, -0.2) is 17.8 Å². The van der Waals surface area contributed by atoms with E-state index in [1.54, 1.807) is 18.2 Å². The Labute approximate surface area is 121 Å². The standard InChI is InChI=1S/C15H13N3O3/c16-9-10-4-3-5-11(8-10)18-13(20)15(6-1-2-7-15)12(19)17-14(18)21/h3-5,8H,1-2,6-7H2,(H,17,19,21). The molecule has 1 N–H and O–H groups in total. The number of carbonyl (C=O) groups excluding carboxylic acids is 3. The van der Waals surface area contributed by atoms with Crippen molar-refractivity contribution in [2.45, 2.75) is 25.7 Å². The summed E-state index contributed by atoms with van der Waals surface area (Å²) in [6, 6.07) is 7.46.